The third kappa shape index (κ3) is 6.74. The molecule has 2 aromatic carbocycles. The summed E-state index contributed by atoms with van der Waals surface area (Å²) in [6, 6.07) is 19.7. The van der Waals surface area contributed by atoms with Crippen molar-refractivity contribution in [1.29, 1.82) is 0 Å². The lowest BCUT2D eigenvalue weighted by atomic mass is 10.1. The summed E-state index contributed by atoms with van der Waals surface area (Å²) >= 11 is 0. The van der Waals surface area contributed by atoms with E-state index in [4.69, 9.17) is 9.47 Å². The lowest BCUT2D eigenvalue weighted by Gasteiger charge is -2.12. The molecule has 31 heavy (non-hydrogen) atoms. The second-order valence-electron chi connectivity index (χ2n) is 6.98. The Hall–Kier alpha value is -3.54. The van der Waals surface area contributed by atoms with Crippen LogP contribution in [0, 0.1) is 0 Å². The Labute approximate surface area is 183 Å². The molecule has 0 radical (unpaired) electrons. The number of amides is 1. The monoisotopic (exact) mass is 420 g/mol. The quantitative estimate of drug-likeness (QED) is 0.494. The zero-order valence-corrected chi connectivity index (χ0v) is 18.1. The van der Waals surface area contributed by atoms with Crippen LogP contribution in [0.1, 0.15) is 35.3 Å². The van der Waals surface area contributed by atoms with E-state index in [0.717, 1.165) is 22.9 Å². The molecule has 162 valence electrons. The fraction of sp³-hybridized carbons (Fsp3) is 0.280. The van der Waals surface area contributed by atoms with Crippen LogP contribution in [-0.4, -0.2) is 25.7 Å². The molecule has 3 aromatic rings. The number of hydrogen-bond acceptors (Lipinski definition) is 4. The molecule has 1 heterocycles. The van der Waals surface area contributed by atoms with E-state index in [2.05, 4.69) is 27.8 Å². The van der Waals surface area contributed by atoms with Crippen molar-refractivity contribution in [2.45, 2.75) is 26.8 Å². The van der Waals surface area contributed by atoms with Crippen LogP contribution in [0.3, 0.4) is 0 Å². The fourth-order valence-electron chi connectivity index (χ4n) is 3.14. The zero-order chi connectivity index (χ0) is 21.9. The molecule has 0 fully saturated rings. The number of benzene rings is 2. The zero-order valence-electron chi connectivity index (χ0n) is 18.1. The lowest BCUT2D eigenvalue weighted by Crippen LogP contribution is -2.27. The van der Waals surface area contributed by atoms with Crippen LogP contribution in [0.25, 0.3) is 0 Å². The standard InChI is InChI=1S/C25H29N3O3/c1-3-30-22-12-10-19(16-23(22)31-4-2)14-15-26-25(29)21-11-13-24(28-18-21)27-17-20-8-6-5-7-9-20/h5-13,16,18H,3-4,14-15,17H2,1-2H3,(H,26,29)(H,27,28)/p+1. The van der Waals surface area contributed by atoms with Crippen LogP contribution in [0.4, 0.5) is 5.82 Å². The average Bonchev–Trinajstić information content (AvgIpc) is 2.80. The Morgan fingerprint density at radius 1 is 0.903 bits per heavy atom. The van der Waals surface area contributed by atoms with Crippen LogP contribution < -0.4 is 25.1 Å². The Bertz CT molecular complexity index is 960. The molecule has 3 rings (SSSR count). The molecule has 0 aliphatic rings. The number of hydrogen-bond donors (Lipinski definition) is 2. The van der Waals surface area contributed by atoms with Crippen molar-refractivity contribution < 1.29 is 19.3 Å². The first-order valence-electron chi connectivity index (χ1n) is 10.7. The van der Waals surface area contributed by atoms with E-state index in [9.17, 15) is 4.79 Å². The molecule has 0 bridgehead atoms. The van der Waals surface area contributed by atoms with E-state index in [1.54, 1.807) is 6.20 Å². The van der Waals surface area contributed by atoms with Gasteiger partial charge in [-0.1, -0.05) is 36.4 Å². The van der Waals surface area contributed by atoms with Crippen LogP contribution in [0.2, 0.25) is 0 Å². The third-order valence-electron chi connectivity index (χ3n) is 4.71. The highest BCUT2D eigenvalue weighted by molar-refractivity contribution is 5.93. The van der Waals surface area contributed by atoms with Crippen molar-refractivity contribution in [2.24, 2.45) is 0 Å². The summed E-state index contributed by atoms with van der Waals surface area (Å²) in [6.45, 7) is 6.31. The van der Waals surface area contributed by atoms with Gasteiger partial charge in [0.2, 0.25) is 0 Å². The van der Waals surface area contributed by atoms with Gasteiger partial charge >= 0.3 is 0 Å². The maximum atomic E-state index is 12.4. The van der Waals surface area contributed by atoms with E-state index >= 15 is 0 Å². The van der Waals surface area contributed by atoms with Crippen LogP contribution in [-0.2, 0) is 13.0 Å². The van der Waals surface area contributed by atoms with Crippen molar-refractivity contribution in [3.05, 3.63) is 83.6 Å². The summed E-state index contributed by atoms with van der Waals surface area (Å²) in [5, 5.41) is 6.28. The second kappa shape index (κ2) is 11.6. The summed E-state index contributed by atoms with van der Waals surface area (Å²) in [7, 11) is 0. The van der Waals surface area contributed by atoms with Gasteiger partial charge in [0.05, 0.1) is 18.8 Å². The van der Waals surface area contributed by atoms with Gasteiger partial charge in [-0.2, -0.15) is 0 Å². The maximum Gasteiger partial charge on any atom is 0.272 e. The number of aromatic nitrogens is 1. The Balaban J connectivity index is 1.48. The number of anilines is 1. The molecule has 0 saturated carbocycles. The van der Waals surface area contributed by atoms with Gasteiger partial charge < -0.3 is 14.8 Å². The van der Waals surface area contributed by atoms with E-state index < -0.39 is 0 Å². The molecule has 6 nitrogen and oxygen atoms in total. The molecule has 1 aromatic heterocycles. The number of pyridine rings is 1. The summed E-state index contributed by atoms with van der Waals surface area (Å²) < 4.78 is 11.3. The number of aromatic amines is 1. The molecule has 0 aliphatic heterocycles. The number of ether oxygens (including phenoxy) is 2. The summed E-state index contributed by atoms with van der Waals surface area (Å²) in [4.78, 5) is 15.6. The van der Waals surface area contributed by atoms with Crippen molar-refractivity contribution in [1.82, 2.24) is 5.32 Å². The highest BCUT2D eigenvalue weighted by Crippen LogP contribution is 2.28. The fourth-order valence-corrected chi connectivity index (χ4v) is 3.14. The number of rotatable bonds is 11. The SMILES string of the molecule is CCOc1ccc(CCNC(=O)c2ccc(NCc3ccccc3)[nH+]c2)cc1OCC. The average molecular weight is 421 g/mol. The van der Waals surface area contributed by atoms with Gasteiger partial charge in [-0.15, -0.1) is 0 Å². The first-order chi connectivity index (χ1) is 15.2. The topological polar surface area (TPSA) is 73.7 Å². The minimum Gasteiger partial charge on any atom is -0.490 e. The highest BCUT2D eigenvalue weighted by Gasteiger charge is 2.10. The molecule has 0 spiro atoms. The predicted molar refractivity (Wildman–Crippen MR) is 122 cm³/mol. The van der Waals surface area contributed by atoms with E-state index in [-0.39, 0.29) is 5.91 Å². The minimum atomic E-state index is -0.109. The summed E-state index contributed by atoms with van der Waals surface area (Å²) in [5.74, 6) is 2.23. The number of nitrogens with one attached hydrogen (secondary N) is 3. The molecule has 1 amide bonds. The summed E-state index contributed by atoms with van der Waals surface area (Å²) in [6.07, 6.45) is 2.42. The van der Waals surface area contributed by atoms with E-state index in [1.807, 2.05) is 62.4 Å². The largest absolute Gasteiger partial charge is 0.490 e. The molecule has 6 heteroatoms. The minimum absolute atomic E-state index is 0.109. The van der Waals surface area contributed by atoms with Crippen molar-refractivity contribution in [3.8, 4) is 11.5 Å². The first kappa shape index (κ1) is 22.2. The summed E-state index contributed by atoms with van der Waals surface area (Å²) in [5.41, 5.74) is 2.87. The first-order valence-corrected chi connectivity index (χ1v) is 10.7. The van der Waals surface area contributed by atoms with Gasteiger partial charge in [0.1, 0.15) is 12.7 Å². The smallest absolute Gasteiger partial charge is 0.272 e. The van der Waals surface area contributed by atoms with Gasteiger partial charge in [-0.3, -0.25) is 10.1 Å². The van der Waals surface area contributed by atoms with Crippen LogP contribution >= 0.6 is 0 Å². The molecule has 3 N–H and O–H groups in total. The van der Waals surface area contributed by atoms with E-state index in [0.29, 0.717) is 38.3 Å². The van der Waals surface area contributed by atoms with Gasteiger partial charge in [-0.25, -0.2) is 4.98 Å². The number of carbonyl (C=O) groups excluding carboxylic acids is 1. The number of H-pyrrole nitrogens is 1. The maximum absolute atomic E-state index is 12.4. The van der Waals surface area contributed by atoms with Gasteiger partial charge in [0, 0.05) is 12.6 Å². The highest BCUT2D eigenvalue weighted by atomic mass is 16.5. The number of carbonyl (C=O) groups is 1. The van der Waals surface area contributed by atoms with Gasteiger partial charge in [0.25, 0.3) is 11.7 Å². The third-order valence-corrected chi connectivity index (χ3v) is 4.71. The molecule has 0 saturated heterocycles. The van der Waals surface area contributed by atoms with Crippen LogP contribution in [0.15, 0.2) is 66.9 Å². The molecule has 0 atom stereocenters. The van der Waals surface area contributed by atoms with Crippen molar-refractivity contribution >= 4 is 11.7 Å². The lowest BCUT2D eigenvalue weighted by molar-refractivity contribution is -0.361. The Morgan fingerprint density at radius 2 is 1.68 bits per heavy atom. The van der Waals surface area contributed by atoms with Crippen molar-refractivity contribution in [3.63, 3.8) is 0 Å². The molecule has 0 aliphatic carbocycles. The molecule has 0 unspecified atom stereocenters. The van der Waals surface area contributed by atoms with Gasteiger partial charge in [-0.05, 0) is 49.6 Å². The normalized spacial score (nSPS) is 10.4. The second-order valence-corrected chi connectivity index (χ2v) is 6.98. The van der Waals surface area contributed by atoms with E-state index in [1.165, 1.54) is 5.56 Å². The van der Waals surface area contributed by atoms with Gasteiger partial charge in [0.15, 0.2) is 11.5 Å². The Kier molecular flexibility index (Phi) is 8.29. The molecular formula is C25H30N3O3+. The Morgan fingerprint density at radius 3 is 2.39 bits per heavy atom. The predicted octanol–water partition coefficient (Wildman–Crippen LogP) is 3.88. The van der Waals surface area contributed by atoms with Crippen LogP contribution in [0.5, 0.6) is 11.5 Å². The molecular weight excluding hydrogens is 390 g/mol. The van der Waals surface area contributed by atoms with Crippen molar-refractivity contribution in [2.75, 3.05) is 25.1 Å².